The fourth-order valence-electron chi connectivity index (χ4n) is 1.09. The van der Waals surface area contributed by atoms with Gasteiger partial charge in [-0.3, -0.25) is 5.41 Å². The molecule has 0 aromatic carbocycles. The fourth-order valence-corrected chi connectivity index (χ4v) is 1.09. The van der Waals surface area contributed by atoms with E-state index >= 15 is 0 Å². The number of hydrogen-bond acceptors (Lipinski definition) is 5. The Balaban J connectivity index is 2.92. The molecule has 0 saturated carbocycles. The molecule has 0 amide bonds. The Kier molecular flexibility index (Phi) is 13.8. The van der Waals surface area contributed by atoms with Gasteiger partial charge in [0.25, 0.3) is 0 Å². The number of nitrogens with two attached hydrogens (primary N) is 1. The van der Waals surface area contributed by atoms with E-state index in [2.05, 4.69) is 6.92 Å². The lowest BCUT2D eigenvalue weighted by Gasteiger charge is -2.07. The lowest BCUT2D eigenvalue weighted by molar-refractivity contribution is 0.00136. The van der Waals surface area contributed by atoms with Crippen molar-refractivity contribution in [2.75, 3.05) is 52.9 Å². The molecule has 0 radical (unpaired) electrons. The molecule has 0 spiro atoms. The maximum Gasteiger partial charge on any atom is 0.117 e. The minimum Gasteiger partial charge on any atom is -0.386 e. The second kappa shape index (κ2) is 14.4. The molecule has 3 N–H and O–H groups in total. The molecule has 6 heteroatoms. The first-order chi connectivity index (χ1) is 8.77. The van der Waals surface area contributed by atoms with Crippen molar-refractivity contribution in [2.24, 2.45) is 5.73 Å². The number of ether oxygens (including phenoxy) is 4. The highest BCUT2D eigenvalue weighted by molar-refractivity contribution is 5.78. The molecule has 0 fully saturated rings. The predicted molar refractivity (Wildman–Crippen MR) is 70.1 cm³/mol. The summed E-state index contributed by atoms with van der Waals surface area (Å²) in [6, 6.07) is 0. The molecule has 0 rings (SSSR count). The van der Waals surface area contributed by atoms with E-state index in [0.29, 0.717) is 39.6 Å². The van der Waals surface area contributed by atoms with Gasteiger partial charge < -0.3 is 24.7 Å². The van der Waals surface area contributed by atoms with Gasteiger partial charge in [0.2, 0.25) is 0 Å². The topological polar surface area (TPSA) is 86.8 Å². The highest BCUT2D eigenvalue weighted by atomic mass is 16.6. The third kappa shape index (κ3) is 15.3. The molecule has 0 unspecified atom stereocenters. The predicted octanol–water partition coefficient (Wildman–Crippen LogP) is 0.789. The summed E-state index contributed by atoms with van der Waals surface area (Å²) in [6.45, 7) is 6.39. The van der Waals surface area contributed by atoms with E-state index in [-0.39, 0.29) is 12.4 Å². The Hall–Kier alpha value is -0.690. The van der Waals surface area contributed by atoms with Crippen LogP contribution in [0.4, 0.5) is 0 Å². The van der Waals surface area contributed by atoms with Gasteiger partial charge in [-0.25, -0.2) is 0 Å². The number of unbranched alkanes of at least 4 members (excludes halogenated alkanes) is 1. The van der Waals surface area contributed by atoms with E-state index in [0.717, 1.165) is 19.4 Å². The molecule has 18 heavy (non-hydrogen) atoms. The van der Waals surface area contributed by atoms with Gasteiger partial charge >= 0.3 is 0 Å². The SMILES string of the molecule is CCCCOCCOCCOCCOCC(=N)N. The zero-order valence-electron chi connectivity index (χ0n) is 11.3. The van der Waals surface area contributed by atoms with Crippen molar-refractivity contribution in [3.05, 3.63) is 0 Å². The maximum absolute atomic E-state index is 6.93. The Morgan fingerprint density at radius 3 is 1.72 bits per heavy atom. The standard InChI is InChI=1S/C12H26N2O4/c1-2-3-4-15-5-6-16-7-8-17-9-10-18-11-12(13)14/h2-11H2,1H3,(H3,13,14). The fraction of sp³-hybridized carbons (Fsp3) is 0.917. The summed E-state index contributed by atoms with van der Waals surface area (Å²) in [6.07, 6.45) is 2.25. The number of rotatable bonds is 14. The van der Waals surface area contributed by atoms with Gasteiger partial charge in [0.1, 0.15) is 12.4 Å². The average Bonchev–Trinajstić information content (AvgIpc) is 2.34. The Morgan fingerprint density at radius 2 is 1.28 bits per heavy atom. The third-order valence-corrected chi connectivity index (χ3v) is 2.02. The van der Waals surface area contributed by atoms with Gasteiger partial charge in [-0.2, -0.15) is 0 Å². The zero-order chi connectivity index (χ0) is 13.5. The van der Waals surface area contributed by atoms with Crippen molar-refractivity contribution in [2.45, 2.75) is 19.8 Å². The Labute approximate surface area is 109 Å². The van der Waals surface area contributed by atoms with Crippen LogP contribution in [0.25, 0.3) is 0 Å². The molecule has 0 saturated heterocycles. The van der Waals surface area contributed by atoms with E-state index in [9.17, 15) is 0 Å². The van der Waals surface area contributed by atoms with E-state index in [1.807, 2.05) is 0 Å². The van der Waals surface area contributed by atoms with Gasteiger partial charge in [-0.1, -0.05) is 13.3 Å². The quantitative estimate of drug-likeness (QED) is 0.274. The van der Waals surface area contributed by atoms with Crippen LogP contribution in [0.3, 0.4) is 0 Å². The first-order valence-corrected chi connectivity index (χ1v) is 6.41. The molecule has 0 bridgehead atoms. The molecule has 0 aliphatic carbocycles. The average molecular weight is 262 g/mol. The summed E-state index contributed by atoms with van der Waals surface area (Å²) in [5, 5.41) is 6.93. The molecule has 0 aromatic heterocycles. The minimum atomic E-state index is 0.0291. The van der Waals surface area contributed by atoms with Gasteiger partial charge in [0.05, 0.1) is 39.6 Å². The summed E-state index contributed by atoms with van der Waals surface area (Å²) >= 11 is 0. The molecule has 0 aliphatic heterocycles. The van der Waals surface area contributed by atoms with Gasteiger partial charge in [0, 0.05) is 6.61 Å². The van der Waals surface area contributed by atoms with Crippen LogP contribution < -0.4 is 5.73 Å². The van der Waals surface area contributed by atoms with Crippen molar-refractivity contribution in [1.82, 2.24) is 0 Å². The minimum absolute atomic E-state index is 0.0291. The first-order valence-electron chi connectivity index (χ1n) is 6.41. The normalized spacial score (nSPS) is 10.7. The van der Waals surface area contributed by atoms with Crippen LogP contribution in [0.15, 0.2) is 0 Å². The Morgan fingerprint density at radius 1 is 0.833 bits per heavy atom. The molecular formula is C12H26N2O4. The highest BCUT2D eigenvalue weighted by Gasteiger charge is 1.93. The Bertz CT molecular complexity index is 191. The molecule has 0 aliphatic rings. The summed E-state index contributed by atoms with van der Waals surface area (Å²) in [7, 11) is 0. The number of hydrogen-bond donors (Lipinski definition) is 2. The van der Waals surface area contributed by atoms with Gasteiger partial charge in [-0.15, -0.1) is 0 Å². The van der Waals surface area contributed by atoms with Gasteiger partial charge in [0.15, 0.2) is 0 Å². The molecule has 6 nitrogen and oxygen atoms in total. The summed E-state index contributed by atoms with van der Waals surface area (Å²) in [5.41, 5.74) is 5.12. The zero-order valence-corrected chi connectivity index (χ0v) is 11.3. The van der Waals surface area contributed by atoms with Crippen molar-refractivity contribution in [1.29, 1.82) is 5.41 Å². The molecule has 108 valence electrons. The molecule has 0 heterocycles. The monoisotopic (exact) mass is 262 g/mol. The molecule has 0 atom stereocenters. The first kappa shape index (κ1) is 17.3. The lowest BCUT2D eigenvalue weighted by atomic mass is 10.4. The van der Waals surface area contributed by atoms with E-state index < -0.39 is 0 Å². The van der Waals surface area contributed by atoms with E-state index in [4.69, 9.17) is 30.1 Å². The second-order valence-corrected chi connectivity index (χ2v) is 3.77. The highest BCUT2D eigenvalue weighted by Crippen LogP contribution is 1.88. The van der Waals surface area contributed by atoms with Gasteiger partial charge in [-0.05, 0) is 6.42 Å². The van der Waals surface area contributed by atoms with Crippen LogP contribution in [0, 0.1) is 5.41 Å². The van der Waals surface area contributed by atoms with Crippen LogP contribution in [-0.2, 0) is 18.9 Å². The van der Waals surface area contributed by atoms with Crippen LogP contribution >= 0.6 is 0 Å². The lowest BCUT2D eigenvalue weighted by Crippen LogP contribution is -2.19. The smallest absolute Gasteiger partial charge is 0.117 e. The van der Waals surface area contributed by atoms with Crippen LogP contribution in [0.1, 0.15) is 19.8 Å². The van der Waals surface area contributed by atoms with Crippen molar-refractivity contribution in [3.8, 4) is 0 Å². The largest absolute Gasteiger partial charge is 0.386 e. The maximum atomic E-state index is 6.93. The van der Waals surface area contributed by atoms with Crippen molar-refractivity contribution < 1.29 is 18.9 Å². The van der Waals surface area contributed by atoms with Crippen LogP contribution in [0.5, 0.6) is 0 Å². The van der Waals surface area contributed by atoms with E-state index in [1.165, 1.54) is 0 Å². The van der Waals surface area contributed by atoms with Crippen molar-refractivity contribution in [3.63, 3.8) is 0 Å². The summed E-state index contributed by atoms with van der Waals surface area (Å²) in [5.74, 6) is 0.0291. The van der Waals surface area contributed by atoms with E-state index in [1.54, 1.807) is 0 Å². The molecular weight excluding hydrogens is 236 g/mol. The molecule has 0 aromatic rings. The summed E-state index contributed by atoms with van der Waals surface area (Å²) in [4.78, 5) is 0. The second-order valence-electron chi connectivity index (χ2n) is 3.77. The number of nitrogens with one attached hydrogen (secondary N) is 1. The van der Waals surface area contributed by atoms with Crippen molar-refractivity contribution >= 4 is 5.84 Å². The van der Waals surface area contributed by atoms with Crippen LogP contribution in [0.2, 0.25) is 0 Å². The number of amidine groups is 1. The van der Waals surface area contributed by atoms with Crippen LogP contribution in [-0.4, -0.2) is 58.7 Å². The summed E-state index contributed by atoms with van der Waals surface area (Å²) < 4.78 is 21.0. The third-order valence-electron chi connectivity index (χ3n) is 2.02.